The highest BCUT2D eigenvalue weighted by Gasteiger charge is 2.09. The number of benzene rings is 3. The summed E-state index contributed by atoms with van der Waals surface area (Å²) in [6.07, 6.45) is 2.18. The fraction of sp³-hybridized carbons (Fsp3) is 0.222. The molecule has 7 heteroatoms. The highest BCUT2D eigenvalue weighted by Crippen LogP contribution is 2.32. The number of hydrogen-bond donors (Lipinski definition) is 1. The van der Waals surface area contributed by atoms with E-state index >= 15 is 0 Å². The summed E-state index contributed by atoms with van der Waals surface area (Å²) < 4.78 is 16.4. The lowest BCUT2D eigenvalue weighted by atomic mass is 9.97. The van der Waals surface area contributed by atoms with Gasteiger partial charge in [0.05, 0.1) is 18.2 Å². The van der Waals surface area contributed by atoms with Gasteiger partial charge in [-0.1, -0.05) is 41.9 Å². The average Bonchev–Trinajstić information content (AvgIpc) is 2.83. The van der Waals surface area contributed by atoms with Gasteiger partial charge in [0.25, 0.3) is 0 Å². The van der Waals surface area contributed by atoms with Gasteiger partial charge in [0.15, 0.2) is 6.61 Å². The van der Waals surface area contributed by atoms with E-state index < -0.39 is 12.6 Å². The van der Waals surface area contributed by atoms with E-state index in [2.05, 4.69) is 30.3 Å². The Kier molecular flexibility index (Phi) is 9.74. The summed E-state index contributed by atoms with van der Waals surface area (Å²) in [6, 6.07) is 21.5. The van der Waals surface area contributed by atoms with E-state index in [0.717, 1.165) is 33.1 Å². The van der Waals surface area contributed by atoms with Crippen molar-refractivity contribution in [3.8, 4) is 17.2 Å². The van der Waals surface area contributed by atoms with Crippen LogP contribution in [0, 0.1) is 0 Å². The molecule has 3 aromatic rings. The molecule has 1 N–H and O–H groups in total. The van der Waals surface area contributed by atoms with Crippen molar-refractivity contribution in [1.82, 2.24) is 0 Å². The number of halogens is 1. The molecule has 0 amide bonds. The SMILES string of the molecule is CCOc1ccc(C(=CCSc2ccc(OCC(=O)O)c(Cl)c2)c2ccc(OCC)cc2)cc1. The zero-order valence-corrected chi connectivity index (χ0v) is 20.7. The summed E-state index contributed by atoms with van der Waals surface area (Å²) in [6.45, 7) is 4.75. The fourth-order valence-electron chi connectivity index (χ4n) is 3.25. The first-order chi connectivity index (χ1) is 16.5. The van der Waals surface area contributed by atoms with E-state index in [1.54, 1.807) is 23.9 Å². The smallest absolute Gasteiger partial charge is 0.341 e. The van der Waals surface area contributed by atoms with Crippen LogP contribution in [0.15, 0.2) is 77.7 Å². The van der Waals surface area contributed by atoms with Gasteiger partial charge in [-0.15, -0.1) is 11.8 Å². The average molecular weight is 499 g/mol. The van der Waals surface area contributed by atoms with Crippen LogP contribution < -0.4 is 14.2 Å². The van der Waals surface area contributed by atoms with Gasteiger partial charge in [-0.2, -0.15) is 0 Å². The van der Waals surface area contributed by atoms with Crippen LogP contribution in [0.2, 0.25) is 5.02 Å². The summed E-state index contributed by atoms with van der Waals surface area (Å²) in [5.74, 6) is 1.70. The quantitative estimate of drug-likeness (QED) is 0.276. The molecule has 5 nitrogen and oxygen atoms in total. The van der Waals surface area contributed by atoms with Crippen LogP contribution in [0.5, 0.6) is 17.2 Å². The molecule has 0 fully saturated rings. The second-order valence-electron chi connectivity index (χ2n) is 7.12. The number of carboxylic acids is 1. The van der Waals surface area contributed by atoms with Crippen LogP contribution in [0.1, 0.15) is 25.0 Å². The van der Waals surface area contributed by atoms with Crippen LogP contribution in [0.3, 0.4) is 0 Å². The molecular weight excluding hydrogens is 472 g/mol. The van der Waals surface area contributed by atoms with Crippen molar-refractivity contribution in [1.29, 1.82) is 0 Å². The summed E-state index contributed by atoms with van der Waals surface area (Å²) in [4.78, 5) is 11.7. The van der Waals surface area contributed by atoms with Crippen LogP contribution in [-0.4, -0.2) is 36.6 Å². The second-order valence-corrected chi connectivity index (χ2v) is 8.62. The lowest BCUT2D eigenvalue weighted by Crippen LogP contribution is -2.09. The van der Waals surface area contributed by atoms with Gasteiger partial charge in [-0.05, 0) is 73.0 Å². The summed E-state index contributed by atoms with van der Waals surface area (Å²) in [5.41, 5.74) is 3.28. The third kappa shape index (κ3) is 7.47. The Balaban J connectivity index is 1.79. The number of thioether (sulfide) groups is 1. The maximum Gasteiger partial charge on any atom is 0.341 e. The molecule has 3 rings (SSSR count). The molecule has 178 valence electrons. The second kappa shape index (κ2) is 13.0. The molecule has 3 aromatic carbocycles. The van der Waals surface area contributed by atoms with Crippen molar-refractivity contribution in [3.05, 3.63) is 89.0 Å². The number of aliphatic carboxylic acids is 1. The Morgan fingerprint density at radius 3 is 1.91 bits per heavy atom. The molecule has 0 aromatic heterocycles. The van der Waals surface area contributed by atoms with Gasteiger partial charge in [0.2, 0.25) is 0 Å². The lowest BCUT2D eigenvalue weighted by molar-refractivity contribution is -0.139. The van der Waals surface area contributed by atoms with Crippen molar-refractivity contribution in [2.45, 2.75) is 18.7 Å². The fourth-order valence-corrected chi connectivity index (χ4v) is 4.35. The summed E-state index contributed by atoms with van der Waals surface area (Å²) in [7, 11) is 0. The van der Waals surface area contributed by atoms with E-state index in [-0.39, 0.29) is 0 Å². The Morgan fingerprint density at radius 2 is 1.44 bits per heavy atom. The van der Waals surface area contributed by atoms with Gasteiger partial charge in [0.1, 0.15) is 17.2 Å². The molecule has 0 bridgehead atoms. The van der Waals surface area contributed by atoms with Gasteiger partial charge < -0.3 is 19.3 Å². The van der Waals surface area contributed by atoms with Gasteiger partial charge in [-0.25, -0.2) is 4.79 Å². The number of carbonyl (C=O) groups is 1. The minimum absolute atomic E-state index is 0.355. The highest BCUT2D eigenvalue weighted by molar-refractivity contribution is 7.99. The minimum Gasteiger partial charge on any atom is -0.494 e. The maximum atomic E-state index is 10.7. The number of hydrogen-bond acceptors (Lipinski definition) is 5. The summed E-state index contributed by atoms with van der Waals surface area (Å²) in [5, 5.41) is 9.15. The number of rotatable bonds is 12. The molecule has 34 heavy (non-hydrogen) atoms. The molecule has 0 saturated carbocycles. The highest BCUT2D eigenvalue weighted by atomic mass is 35.5. The first-order valence-corrected chi connectivity index (χ1v) is 12.3. The van der Waals surface area contributed by atoms with E-state index in [4.69, 9.17) is 30.9 Å². The molecule has 0 aliphatic heterocycles. The summed E-state index contributed by atoms with van der Waals surface area (Å²) >= 11 is 7.88. The molecule has 0 aliphatic rings. The molecule has 0 aliphatic carbocycles. The van der Waals surface area contributed by atoms with Crippen LogP contribution >= 0.6 is 23.4 Å². The predicted octanol–water partition coefficient (Wildman–Crippen LogP) is 6.82. The predicted molar refractivity (Wildman–Crippen MR) is 138 cm³/mol. The molecule has 0 saturated heterocycles. The standard InChI is InChI=1S/C27H27ClO5S/c1-3-31-21-9-5-19(6-10-21)24(20-7-11-22(12-8-20)32-4-2)15-16-34-23-13-14-26(25(28)17-23)33-18-27(29)30/h5-15,17H,3-4,16,18H2,1-2H3,(H,29,30). The maximum absolute atomic E-state index is 10.7. The molecule has 0 radical (unpaired) electrons. The third-order valence-corrected chi connectivity index (χ3v) is 5.96. The van der Waals surface area contributed by atoms with Crippen LogP contribution in [0.25, 0.3) is 5.57 Å². The van der Waals surface area contributed by atoms with Crippen LogP contribution in [-0.2, 0) is 4.79 Å². The number of carboxylic acid groups (broad SMARTS) is 1. The van der Waals surface area contributed by atoms with Gasteiger partial charge in [0, 0.05) is 10.6 Å². The largest absolute Gasteiger partial charge is 0.494 e. The Morgan fingerprint density at radius 1 is 0.882 bits per heavy atom. The Bertz CT molecular complexity index is 1060. The molecule has 0 unspecified atom stereocenters. The topological polar surface area (TPSA) is 65.0 Å². The van der Waals surface area contributed by atoms with Crippen molar-refractivity contribution >= 4 is 34.9 Å². The minimum atomic E-state index is -1.05. The normalized spacial score (nSPS) is 10.4. The first kappa shape index (κ1) is 25.5. The molecule has 0 spiro atoms. The molecule has 0 atom stereocenters. The molecule has 0 heterocycles. The zero-order valence-electron chi connectivity index (χ0n) is 19.1. The zero-order chi connectivity index (χ0) is 24.3. The van der Waals surface area contributed by atoms with E-state index in [1.165, 1.54) is 0 Å². The monoisotopic (exact) mass is 498 g/mol. The van der Waals surface area contributed by atoms with Crippen molar-refractivity contribution in [2.75, 3.05) is 25.6 Å². The van der Waals surface area contributed by atoms with E-state index in [1.807, 2.05) is 44.2 Å². The van der Waals surface area contributed by atoms with E-state index in [0.29, 0.717) is 29.7 Å². The number of ether oxygens (including phenoxy) is 3. The van der Waals surface area contributed by atoms with E-state index in [9.17, 15) is 4.79 Å². The van der Waals surface area contributed by atoms with Crippen molar-refractivity contribution in [2.24, 2.45) is 0 Å². The van der Waals surface area contributed by atoms with Gasteiger partial charge >= 0.3 is 5.97 Å². The Hall–Kier alpha value is -3.09. The molecular formula is C27H27ClO5S. The van der Waals surface area contributed by atoms with Crippen molar-refractivity contribution in [3.63, 3.8) is 0 Å². The first-order valence-electron chi connectivity index (χ1n) is 10.9. The lowest BCUT2D eigenvalue weighted by Gasteiger charge is -2.12. The van der Waals surface area contributed by atoms with Crippen LogP contribution in [0.4, 0.5) is 0 Å². The van der Waals surface area contributed by atoms with Crippen molar-refractivity contribution < 1.29 is 24.1 Å². The van der Waals surface area contributed by atoms with Gasteiger partial charge in [-0.3, -0.25) is 0 Å². The Labute approximate surface area is 209 Å². The third-order valence-electron chi connectivity index (χ3n) is 4.74.